The minimum Gasteiger partial charge on any atom is -0.392 e. The Kier molecular flexibility index (Phi) is 3.15. The van der Waals surface area contributed by atoms with Crippen molar-refractivity contribution < 1.29 is 5.11 Å². The van der Waals surface area contributed by atoms with E-state index in [4.69, 9.17) is 5.11 Å². The van der Waals surface area contributed by atoms with Gasteiger partial charge in [0.25, 0.3) is 0 Å². The molecule has 0 saturated carbocycles. The summed E-state index contributed by atoms with van der Waals surface area (Å²) in [7, 11) is 0. The Labute approximate surface area is 57.3 Å². The van der Waals surface area contributed by atoms with Gasteiger partial charge in [0.2, 0.25) is 0 Å². The van der Waals surface area contributed by atoms with Gasteiger partial charge in [0, 0.05) is 5.54 Å². The number of rotatable bonds is 3. The monoisotopic (exact) mass is 131 g/mol. The molecule has 0 aliphatic heterocycles. The molecule has 0 aliphatic rings. The van der Waals surface area contributed by atoms with Crippen LogP contribution in [-0.4, -0.2) is 23.3 Å². The van der Waals surface area contributed by atoms with Crippen LogP contribution in [0.15, 0.2) is 0 Å². The van der Waals surface area contributed by atoms with Crippen LogP contribution in [0.1, 0.15) is 27.7 Å². The Hall–Kier alpha value is -0.0800. The van der Waals surface area contributed by atoms with Crippen molar-refractivity contribution in [1.29, 1.82) is 0 Å². The molecule has 0 amide bonds. The molecule has 2 nitrogen and oxygen atoms in total. The molecular weight excluding hydrogens is 114 g/mol. The number of hydrogen-bond donors (Lipinski definition) is 2. The molecule has 9 heavy (non-hydrogen) atoms. The Bertz CT molecular complexity index is 79.0. The lowest BCUT2D eigenvalue weighted by Gasteiger charge is -2.28. The molecule has 0 aliphatic carbocycles. The smallest absolute Gasteiger partial charge is 0.0688 e. The predicted molar refractivity (Wildman–Crippen MR) is 39.4 cm³/mol. The van der Waals surface area contributed by atoms with E-state index in [1.54, 1.807) is 6.92 Å². The second kappa shape index (κ2) is 3.18. The van der Waals surface area contributed by atoms with Gasteiger partial charge in [-0.1, -0.05) is 6.92 Å². The molecule has 0 fully saturated rings. The minimum atomic E-state index is -0.294. The first-order valence-corrected chi connectivity index (χ1v) is 3.43. The molecule has 0 spiro atoms. The number of likely N-dealkylation sites (N-methyl/N-ethyl adjacent to an activating group) is 1. The number of hydrogen-bond acceptors (Lipinski definition) is 2. The van der Waals surface area contributed by atoms with Crippen molar-refractivity contribution >= 4 is 0 Å². The summed E-state index contributed by atoms with van der Waals surface area (Å²) in [6.07, 6.45) is -0.294. The first kappa shape index (κ1) is 8.92. The highest BCUT2D eigenvalue weighted by Crippen LogP contribution is 2.06. The van der Waals surface area contributed by atoms with Gasteiger partial charge < -0.3 is 10.4 Å². The van der Waals surface area contributed by atoms with Gasteiger partial charge >= 0.3 is 0 Å². The lowest BCUT2D eigenvalue weighted by atomic mass is 9.99. The largest absolute Gasteiger partial charge is 0.392 e. The van der Waals surface area contributed by atoms with E-state index >= 15 is 0 Å². The zero-order chi connectivity index (χ0) is 7.49. The molecule has 56 valence electrons. The van der Waals surface area contributed by atoms with Crippen LogP contribution < -0.4 is 5.32 Å². The maximum atomic E-state index is 9.15. The quantitative estimate of drug-likeness (QED) is 0.592. The van der Waals surface area contributed by atoms with E-state index in [0.717, 1.165) is 6.54 Å². The van der Waals surface area contributed by atoms with Crippen molar-refractivity contribution in [2.24, 2.45) is 0 Å². The van der Waals surface area contributed by atoms with Gasteiger partial charge in [-0.25, -0.2) is 0 Å². The van der Waals surface area contributed by atoms with Crippen LogP contribution in [0, 0.1) is 0 Å². The van der Waals surface area contributed by atoms with E-state index in [2.05, 4.69) is 5.32 Å². The fourth-order valence-corrected chi connectivity index (χ4v) is 0.603. The van der Waals surface area contributed by atoms with Crippen LogP contribution in [-0.2, 0) is 0 Å². The summed E-state index contributed by atoms with van der Waals surface area (Å²) in [5, 5.41) is 12.3. The normalized spacial score (nSPS) is 15.7. The van der Waals surface area contributed by atoms with E-state index in [1.165, 1.54) is 0 Å². The van der Waals surface area contributed by atoms with Gasteiger partial charge in [-0.15, -0.1) is 0 Å². The van der Waals surface area contributed by atoms with Crippen LogP contribution in [0.2, 0.25) is 0 Å². The average molecular weight is 131 g/mol. The van der Waals surface area contributed by atoms with Gasteiger partial charge in [-0.05, 0) is 27.3 Å². The Morgan fingerprint density at radius 2 is 2.00 bits per heavy atom. The van der Waals surface area contributed by atoms with Crippen molar-refractivity contribution in [3.05, 3.63) is 0 Å². The fourth-order valence-electron chi connectivity index (χ4n) is 0.603. The average Bonchev–Trinajstić information content (AvgIpc) is 1.65. The number of aliphatic hydroxyl groups excluding tert-OH is 1. The highest BCUT2D eigenvalue weighted by molar-refractivity contribution is 4.81. The molecule has 1 atom stereocenters. The van der Waals surface area contributed by atoms with Crippen molar-refractivity contribution in [2.45, 2.75) is 39.3 Å². The molecule has 2 heteroatoms. The van der Waals surface area contributed by atoms with Gasteiger partial charge in [0.1, 0.15) is 0 Å². The summed E-state index contributed by atoms with van der Waals surface area (Å²) >= 11 is 0. The van der Waals surface area contributed by atoms with Crippen molar-refractivity contribution in [3.63, 3.8) is 0 Å². The van der Waals surface area contributed by atoms with Gasteiger partial charge in [-0.3, -0.25) is 0 Å². The van der Waals surface area contributed by atoms with Crippen LogP contribution in [0.3, 0.4) is 0 Å². The fraction of sp³-hybridized carbons (Fsp3) is 1.00. The third-order valence-electron chi connectivity index (χ3n) is 1.68. The van der Waals surface area contributed by atoms with Crippen molar-refractivity contribution in [2.75, 3.05) is 6.54 Å². The summed E-state index contributed by atoms with van der Waals surface area (Å²) < 4.78 is 0. The second-order valence-corrected chi connectivity index (χ2v) is 2.93. The highest BCUT2D eigenvalue weighted by Gasteiger charge is 2.21. The topological polar surface area (TPSA) is 32.3 Å². The standard InChI is InChI=1S/C7H17NO/c1-5-8-7(3,4)6(2)9/h6,8-9H,5H2,1-4H3. The molecule has 0 aromatic rings. The summed E-state index contributed by atoms with van der Waals surface area (Å²) in [5.41, 5.74) is -0.144. The van der Waals surface area contributed by atoms with Gasteiger partial charge in [0.15, 0.2) is 0 Å². The van der Waals surface area contributed by atoms with E-state index in [9.17, 15) is 0 Å². The van der Waals surface area contributed by atoms with E-state index in [-0.39, 0.29) is 11.6 Å². The lowest BCUT2D eigenvalue weighted by Crippen LogP contribution is -2.47. The Morgan fingerprint density at radius 1 is 1.56 bits per heavy atom. The Morgan fingerprint density at radius 3 is 2.11 bits per heavy atom. The summed E-state index contributed by atoms with van der Waals surface area (Å²) in [4.78, 5) is 0. The Balaban J connectivity index is 3.70. The zero-order valence-corrected chi connectivity index (χ0v) is 6.73. The maximum absolute atomic E-state index is 9.15. The SMILES string of the molecule is CCNC(C)(C)C(C)O. The third-order valence-corrected chi connectivity index (χ3v) is 1.68. The molecule has 0 saturated heterocycles. The number of nitrogens with one attached hydrogen (secondary N) is 1. The van der Waals surface area contributed by atoms with E-state index in [0.29, 0.717) is 0 Å². The van der Waals surface area contributed by atoms with Crippen LogP contribution >= 0.6 is 0 Å². The predicted octanol–water partition coefficient (Wildman–Crippen LogP) is 0.755. The molecule has 0 radical (unpaired) electrons. The molecule has 0 aromatic carbocycles. The highest BCUT2D eigenvalue weighted by atomic mass is 16.3. The molecule has 1 unspecified atom stereocenters. The first-order valence-electron chi connectivity index (χ1n) is 3.43. The van der Waals surface area contributed by atoms with E-state index in [1.807, 2.05) is 20.8 Å². The summed E-state index contributed by atoms with van der Waals surface area (Å²) in [5.74, 6) is 0. The molecule has 0 heterocycles. The van der Waals surface area contributed by atoms with Gasteiger partial charge in [-0.2, -0.15) is 0 Å². The summed E-state index contributed by atoms with van der Waals surface area (Å²) in [6, 6.07) is 0. The molecule has 0 aromatic heterocycles. The molecule has 0 bridgehead atoms. The molecule has 0 rings (SSSR count). The van der Waals surface area contributed by atoms with Crippen molar-refractivity contribution in [1.82, 2.24) is 5.32 Å². The minimum absolute atomic E-state index is 0.144. The van der Waals surface area contributed by atoms with Crippen LogP contribution in [0.5, 0.6) is 0 Å². The molecular formula is C7H17NO. The maximum Gasteiger partial charge on any atom is 0.0688 e. The van der Waals surface area contributed by atoms with Crippen LogP contribution in [0.25, 0.3) is 0 Å². The lowest BCUT2D eigenvalue weighted by molar-refractivity contribution is 0.0982. The first-order chi connectivity index (χ1) is 4.00. The van der Waals surface area contributed by atoms with Gasteiger partial charge in [0.05, 0.1) is 6.10 Å². The van der Waals surface area contributed by atoms with Crippen molar-refractivity contribution in [3.8, 4) is 0 Å². The number of aliphatic hydroxyl groups is 1. The molecule has 2 N–H and O–H groups in total. The third kappa shape index (κ3) is 2.82. The zero-order valence-electron chi connectivity index (χ0n) is 6.73. The van der Waals surface area contributed by atoms with E-state index < -0.39 is 0 Å². The second-order valence-electron chi connectivity index (χ2n) is 2.93. The summed E-state index contributed by atoms with van der Waals surface area (Å²) in [6.45, 7) is 8.70. The van der Waals surface area contributed by atoms with Crippen LogP contribution in [0.4, 0.5) is 0 Å².